The first kappa shape index (κ1) is 18.1. The highest BCUT2D eigenvalue weighted by Gasteiger charge is 2.17. The second-order valence-electron chi connectivity index (χ2n) is 7.23. The van der Waals surface area contributed by atoms with Gasteiger partial charge in [0.1, 0.15) is 11.5 Å². The number of rotatable bonds is 4. The molecule has 1 aliphatic heterocycles. The van der Waals surface area contributed by atoms with E-state index < -0.39 is 0 Å². The van der Waals surface area contributed by atoms with Gasteiger partial charge < -0.3 is 20.3 Å². The van der Waals surface area contributed by atoms with Gasteiger partial charge in [-0.1, -0.05) is 12.1 Å². The Morgan fingerprint density at radius 2 is 1.85 bits per heavy atom. The van der Waals surface area contributed by atoms with Crippen LogP contribution in [0.1, 0.15) is 31.3 Å². The Hall–Kier alpha value is -2.67. The summed E-state index contributed by atoms with van der Waals surface area (Å²) in [5, 5.41) is 6.17. The van der Waals surface area contributed by atoms with E-state index in [-0.39, 0.29) is 11.4 Å². The number of carbonyl (C=O) groups is 1. The number of morpholine rings is 1. The second kappa shape index (κ2) is 7.70. The fourth-order valence-corrected chi connectivity index (χ4v) is 2.71. The molecule has 1 amide bonds. The number of nitrogens with one attached hydrogen (secondary N) is 2. The van der Waals surface area contributed by atoms with Crippen molar-refractivity contribution >= 4 is 23.1 Å². The molecule has 3 rings (SSSR count). The van der Waals surface area contributed by atoms with Crippen molar-refractivity contribution in [2.45, 2.75) is 26.3 Å². The Balaban J connectivity index is 1.73. The van der Waals surface area contributed by atoms with Crippen molar-refractivity contribution in [3.8, 4) is 0 Å². The average molecular weight is 355 g/mol. The van der Waals surface area contributed by atoms with Crippen molar-refractivity contribution in [2.75, 3.05) is 36.5 Å². The number of hydrogen-bond donors (Lipinski definition) is 2. The van der Waals surface area contributed by atoms with Crippen LogP contribution in [0.4, 0.5) is 17.2 Å². The highest BCUT2D eigenvalue weighted by atomic mass is 16.5. The van der Waals surface area contributed by atoms with E-state index in [9.17, 15) is 4.79 Å². The van der Waals surface area contributed by atoms with Gasteiger partial charge in [-0.2, -0.15) is 0 Å². The van der Waals surface area contributed by atoms with E-state index in [1.165, 1.54) is 6.20 Å². The summed E-state index contributed by atoms with van der Waals surface area (Å²) in [6.45, 7) is 8.95. The smallest absolute Gasteiger partial charge is 0.271 e. The highest BCUT2D eigenvalue weighted by Crippen LogP contribution is 2.28. The lowest BCUT2D eigenvalue weighted by Gasteiger charge is -2.30. The first-order valence-electron chi connectivity index (χ1n) is 8.76. The Bertz CT molecular complexity index is 749. The first-order chi connectivity index (χ1) is 12.4. The number of ether oxygens (including phenoxy) is 1. The first-order valence-corrected chi connectivity index (χ1v) is 8.76. The minimum absolute atomic E-state index is 0.231. The number of nitrogens with zero attached hydrogens (tertiary/aromatic N) is 3. The maximum atomic E-state index is 12.1. The van der Waals surface area contributed by atoms with Crippen LogP contribution in [0.3, 0.4) is 0 Å². The van der Waals surface area contributed by atoms with Gasteiger partial charge in [0.05, 0.1) is 37.0 Å². The van der Waals surface area contributed by atoms with Gasteiger partial charge in [0.15, 0.2) is 0 Å². The lowest BCUT2D eigenvalue weighted by atomic mass is 10.1. The van der Waals surface area contributed by atoms with Crippen LogP contribution in [0.2, 0.25) is 0 Å². The van der Waals surface area contributed by atoms with E-state index in [1.807, 2.05) is 39.0 Å². The second-order valence-corrected chi connectivity index (χ2v) is 7.23. The van der Waals surface area contributed by atoms with Crippen LogP contribution < -0.4 is 15.5 Å². The quantitative estimate of drug-likeness (QED) is 0.878. The Morgan fingerprint density at radius 3 is 2.50 bits per heavy atom. The molecule has 2 aromatic rings. The van der Waals surface area contributed by atoms with Gasteiger partial charge in [0.25, 0.3) is 5.91 Å². The molecular weight excluding hydrogens is 330 g/mol. The van der Waals surface area contributed by atoms with Gasteiger partial charge in [-0.15, -0.1) is 0 Å². The van der Waals surface area contributed by atoms with Crippen molar-refractivity contribution in [2.24, 2.45) is 0 Å². The zero-order chi connectivity index (χ0) is 18.6. The molecule has 0 unspecified atom stereocenters. The van der Waals surface area contributed by atoms with Crippen LogP contribution in [-0.2, 0) is 4.74 Å². The lowest BCUT2D eigenvalue weighted by Crippen LogP contribution is -2.40. The maximum Gasteiger partial charge on any atom is 0.271 e. The molecule has 1 saturated heterocycles. The van der Waals surface area contributed by atoms with E-state index in [2.05, 4.69) is 31.6 Å². The van der Waals surface area contributed by atoms with Crippen molar-refractivity contribution < 1.29 is 9.53 Å². The molecule has 2 heterocycles. The van der Waals surface area contributed by atoms with Gasteiger partial charge >= 0.3 is 0 Å². The van der Waals surface area contributed by atoms with Gasteiger partial charge in [-0.25, -0.2) is 9.97 Å². The summed E-state index contributed by atoms with van der Waals surface area (Å²) in [5.74, 6) is 0.364. The molecule has 0 radical (unpaired) electrons. The van der Waals surface area contributed by atoms with Crippen molar-refractivity contribution in [3.05, 3.63) is 42.4 Å². The van der Waals surface area contributed by atoms with Crippen LogP contribution in [-0.4, -0.2) is 47.7 Å². The normalized spacial score (nSPS) is 14.8. The molecular formula is C19H25N5O2. The third-order valence-corrected chi connectivity index (χ3v) is 3.89. The van der Waals surface area contributed by atoms with E-state index in [1.54, 1.807) is 6.20 Å². The fourth-order valence-electron chi connectivity index (χ4n) is 2.71. The van der Waals surface area contributed by atoms with Crippen LogP contribution >= 0.6 is 0 Å². The largest absolute Gasteiger partial charge is 0.378 e. The zero-order valence-corrected chi connectivity index (χ0v) is 15.5. The predicted octanol–water partition coefficient (Wildman–Crippen LogP) is 2.59. The number of amides is 1. The third kappa shape index (κ3) is 4.70. The summed E-state index contributed by atoms with van der Waals surface area (Å²) in [7, 11) is 0. The SMILES string of the molecule is CC(C)(C)NC(=O)c1cnc(Nc2ccccc2N2CCOCC2)cn1. The summed E-state index contributed by atoms with van der Waals surface area (Å²) in [6, 6.07) is 8.07. The molecule has 0 atom stereocenters. The Morgan fingerprint density at radius 1 is 1.12 bits per heavy atom. The van der Waals surface area contributed by atoms with E-state index in [0.717, 1.165) is 37.7 Å². The Labute approximate surface area is 153 Å². The highest BCUT2D eigenvalue weighted by molar-refractivity contribution is 5.92. The third-order valence-electron chi connectivity index (χ3n) is 3.89. The number of hydrogen-bond acceptors (Lipinski definition) is 6. The fraction of sp³-hybridized carbons (Fsp3) is 0.421. The summed E-state index contributed by atoms with van der Waals surface area (Å²) in [5.41, 5.74) is 2.04. The van der Waals surface area contributed by atoms with Crippen molar-refractivity contribution in [3.63, 3.8) is 0 Å². The standard InChI is InChI=1S/C19H25N5O2/c1-19(2,3)23-18(25)15-12-21-17(13-20-15)22-14-6-4-5-7-16(14)24-8-10-26-11-9-24/h4-7,12-13H,8-11H2,1-3H3,(H,21,22)(H,23,25). The van der Waals surface area contributed by atoms with Crippen LogP contribution in [0, 0.1) is 0 Å². The minimum atomic E-state index is -0.313. The van der Waals surface area contributed by atoms with Gasteiger partial charge in [-0.3, -0.25) is 4.79 Å². The van der Waals surface area contributed by atoms with Crippen LogP contribution in [0.25, 0.3) is 0 Å². The minimum Gasteiger partial charge on any atom is -0.378 e. The van der Waals surface area contributed by atoms with Gasteiger partial charge in [-0.05, 0) is 32.9 Å². The number of anilines is 3. The topological polar surface area (TPSA) is 79.4 Å². The summed E-state index contributed by atoms with van der Waals surface area (Å²) in [4.78, 5) is 23.0. The Kier molecular flexibility index (Phi) is 5.37. The molecule has 1 fully saturated rings. The summed E-state index contributed by atoms with van der Waals surface area (Å²) in [6.07, 6.45) is 3.06. The van der Waals surface area contributed by atoms with Crippen LogP contribution in [0.5, 0.6) is 0 Å². The number of carbonyl (C=O) groups excluding carboxylic acids is 1. The molecule has 7 heteroatoms. The molecule has 2 N–H and O–H groups in total. The molecule has 0 spiro atoms. The summed E-state index contributed by atoms with van der Waals surface area (Å²) < 4.78 is 5.43. The van der Waals surface area contributed by atoms with Gasteiger partial charge in [0, 0.05) is 18.6 Å². The molecule has 0 aliphatic carbocycles. The molecule has 0 bridgehead atoms. The molecule has 26 heavy (non-hydrogen) atoms. The maximum absolute atomic E-state index is 12.1. The van der Waals surface area contributed by atoms with Crippen LogP contribution in [0.15, 0.2) is 36.7 Å². The molecule has 1 aromatic carbocycles. The van der Waals surface area contributed by atoms with E-state index >= 15 is 0 Å². The number of aromatic nitrogens is 2. The van der Waals surface area contributed by atoms with E-state index in [4.69, 9.17) is 4.74 Å². The van der Waals surface area contributed by atoms with Crippen molar-refractivity contribution in [1.29, 1.82) is 0 Å². The molecule has 138 valence electrons. The lowest BCUT2D eigenvalue weighted by molar-refractivity contribution is 0.0914. The van der Waals surface area contributed by atoms with E-state index in [0.29, 0.717) is 11.5 Å². The molecule has 1 aliphatic rings. The average Bonchev–Trinajstić information content (AvgIpc) is 2.62. The monoisotopic (exact) mass is 355 g/mol. The van der Waals surface area contributed by atoms with Crippen molar-refractivity contribution in [1.82, 2.24) is 15.3 Å². The molecule has 1 aromatic heterocycles. The molecule has 7 nitrogen and oxygen atoms in total. The van der Waals surface area contributed by atoms with Gasteiger partial charge in [0.2, 0.25) is 0 Å². The summed E-state index contributed by atoms with van der Waals surface area (Å²) >= 11 is 0. The number of benzene rings is 1. The molecule has 0 saturated carbocycles. The zero-order valence-electron chi connectivity index (χ0n) is 15.5. The predicted molar refractivity (Wildman–Crippen MR) is 102 cm³/mol. The number of para-hydroxylation sites is 2.